The van der Waals surface area contributed by atoms with Gasteiger partial charge in [-0.25, -0.2) is 0 Å². The second kappa shape index (κ2) is 6.13. The van der Waals surface area contributed by atoms with Crippen molar-refractivity contribution in [3.05, 3.63) is 29.8 Å². The molecule has 0 unspecified atom stereocenters. The molecule has 0 spiro atoms. The molecule has 1 N–H and O–H groups in total. The number of aryl methyl sites for hydroxylation is 1. The maximum atomic E-state index is 5.70. The Balaban J connectivity index is 1.71. The van der Waals surface area contributed by atoms with Gasteiger partial charge in [0.05, 0.1) is 0 Å². The Labute approximate surface area is 127 Å². The standard InChI is InChI=1S/C17H24N2S/c1-13-7-2-4-10-15(13)18-17(20)19-12-6-9-14-8-3-5-11-16(14)19/h2,4,7,10,14,16H,3,5-6,8-9,11-12H2,1H3,(H,18,20)/t14-,16-/m1/s1. The van der Waals surface area contributed by atoms with Crippen LogP contribution in [-0.2, 0) is 0 Å². The van der Waals surface area contributed by atoms with Gasteiger partial charge in [-0.3, -0.25) is 0 Å². The number of para-hydroxylation sites is 1. The molecular weight excluding hydrogens is 264 g/mol. The number of benzene rings is 1. The van der Waals surface area contributed by atoms with Crippen LogP contribution in [0.5, 0.6) is 0 Å². The van der Waals surface area contributed by atoms with E-state index in [0.29, 0.717) is 6.04 Å². The van der Waals surface area contributed by atoms with Crippen molar-refractivity contribution in [2.45, 2.75) is 51.5 Å². The summed E-state index contributed by atoms with van der Waals surface area (Å²) in [6.45, 7) is 3.25. The predicted octanol–water partition coefficient (Wildman–Crippen LogP) is 4.35. The highest BCUT2D eigenvalue weighted by atomic mass is 32.1. The summed E-state index contributed by atoms with van der Waals surface area (Å²) >= 11 is 5.70. The van der Waals surface area contributed by atoms with Gasteiger partial charge in [0.2, 0.25) is 0 Å². The summed E-state index contributed by atoms with van der Waals surface area (Å²) in [4.78, 5) is 2.47. The molecule has 2 aliphatic rings. The molecule has 0 amide bonds. The van der Waals surface area contributed by atoms with Crippen LogP contribution < -0.4 is 5.32 Å². The number of anilines is 1. The summed E-state index contributed by atoms with van der Waals surface area (Å²) in [5.41, 5.74) is 2.41. The highest BCUT2D eigenvalue weighted by Crippen LogP contribution is 2.35. The highest BCUT2D eigenvalue weighted by Gasteiger charge is 2.34. The number of hydrogen-bond acceptors (Lipinski definition) is 1. The third-order valence-corrected chi connectivity index (χ3v) is 5.23. The number of likely N-dealkylation sites (tertiary alicyclic amines) is 1. The summed E-state index contributed by atoms with van der Waals surface area (Å²) in [5.74, 6) is 0.870. The van der Waals surface area contributed by atoms with E-state index in [2.05, 4.69) is 41.4 Å². The minimum Gasteiger partial charge on any atom is -0.346 e. The molecule has 108 valence electrons. The van der Waals surface area contributed by atoms with Crippen LogP contribution in [0, 0.1) is 12.8 Å². The Morgan fingerprint density at radius 1 is 1.15 bits per heavy atom. The molecule has 1 saturated heterocycles. The lowest BCUT2D eigenvalue weighted by molar-refractivity contribution is 0.121. The van der Waals surface area contributed by atoms with E-state index in [1.165, 1.54) is 44.1 Å². The summed E-state index contributed by atoms with van der Waals surface area (Å²) in [6, 6.07) is 9.06. The van der Waals surface area contributed by atoms with Crippen molar-refractivity contribution in [2.75, 3.05) is 11.9 Å². The fourth-order valence-electron chi connectivity index (χ4n) is 3.78. The monoisotopic (exact) mass is 288 g/mol. The first-order valence-corrected chi connectivity index (χ1v) is 8.30. The molecule has 1 aromatic rings. The quantitative estimate of drug-likeness (QED) is 0.774. The molecule has 0 radical (unpaired) electrons. The number of nitrogens with zero attached hydrogens (tertiary/aromatic N) is 1. The van der Waals surface area contributed by atoms with Crippen LogP contribution in [0.2, 0.25) is 0 Å². The van der Waals surface area contributed by atoms with Crippen LogP contribution in [0.3, 0.4) is 0 Å². The molecule has 2 nitrogen and oxygen atoms in total. The van der Waals surface area contributed by atoms with E-state index in [1.54, 1.807) is 0 Å². The lowest BCUT2D eigenvalue weighted by Gasteiger charge is -2.45. The van der Waals surface area contributed by atoms with Crippen LogP contribution in [0.15, 0.2) is 24.3 Å². The summed E-state index contributed by atoms with van der Waals surface area (Å²) in [7, 11) is 0. The minimum absolute atomic E-state index is 0.682. The number of nitrogens with one attached hydrogen (secondary N) is 1. The summed E-state index contributed by atoms with van der Waals surface area (Å²) in [6.07, 6.45) is 8.18. The van der Waals surface area contributed by atoms with E-state index in [-0.39, 0.29) is 0 Å². The Bertz CT molecular complexity index is 484. The summed E-state index contributed by atoms with van der Waals surface area (Å²) < 4.78 is 0. The molecule has 20 heavy (non-hydrogen) atoms. The zero-order valence-corrected chi connectivity index (χ0v) is 13.1. The molecule has 2 fully saturated rings. The van der Waals surface area contributed by atoms with Gasteiger partial charge in [-0.15, -0.1) is 0 Å². The van der Waals surface area contributed by atoms with Gasteiger partial charge in [-0.05, 0) is 62.4 Å². The van der Waals surface area contributed by atoms with Gasteiger partial charge in [-0.1, -0.05) is 31.0 Å². The van der Waals surface area contributed by atoms with Crippen molar-refractivity contribution >= 4 is 23.0 Å². The first-order chi connectivity index (χ1) is 9.75. The Hall–Kier alpha value is -1.09. The van der Waals surface area contributed by atoms with Crippen molar-refractivity contribution in [1.82, 2.24) is 4.90 Å². The van der Waals surface area contributed by atoms with E-state index in [9.17, 15) is 0 Å². The molecule has 1 saturated carbocycles. The zero-order chi connectivity index (χ0) is 13.9. The van der Waals surface area contributed by atoms with E-state index >= 15 is 0 Å². The molecule has 3 heteroatoms. The Morgan fingerprint density at radius 2 is 1.90 bits per heavy atom. The molecule has 2 atom stereocenters. The number of rotatable bonds is 1. The number of piperidine rings is 1. The van der Waals surface area contributed by atoms with Gasteiger partial charge in [0.15, 0.2) is 5.11 Å². The lowest BCUT2D eigenvalue weighted by Crippen LogP contribution is -2.51. The van der Waals surface area contributed by atoms with Crippen LogP contribution >= 0.6 is 12.2 Å². The Kier molecular flexibility index (Phi) is 4.25. The number of fused-ring (bicyclic) bond motifs is 1. The number of hydrogen-bond donors (Lipinski definition) is 1. The molecule has 3 rings (SSSR count). The molecule has 0 bridgehead atoms. The third kappa shape index (κ3) is 2.83. The predicted molar refractivity (Wildman–Crippen MR) is 89.1 cm³/mol. The SMILES string of the molecule is Cc1ccccc1NC(=S)N1CCC[C@H]2CCCC[C@H]21. The van der Waals surface area contributed by atoms with Crippen molar-refractivity contribution in [3.8, 4) is 0 Å². The van der Waals surface area contributed by atoms with Crippen LogP contribution in [0.4, 0.5) is 5.69 Å². The largest absolute Gasteiger partial charge is 0.346 e. The molecule has 1 aliphatic heterocycles. The van der Waals surface area contributed by atoms with Crippen molar-refractivity contribution in [2.24, 2.45) is 5.92 Å². The Morgan fingerprint density at radius 3 is 2.75 bits per heavy atom. The van der Waals surface area contributed by atoms with E-state index in [4.69, 9.17) is 12.2 Å². The van der Waals surface area contributed by atoms with Gasteiger partial charge in [0.1, 0.15) is 0 Å². The van der Waals surface area contributed by atoms with E-state index in [0.717, 1.165) is 23.3 Å². The van der Waals surface area contributed by atoms with Gasteiger partial charge in [0, 0.05) is 18.3 Å². The van der Waals surface area contributed by atoms with Gasteiger partial charge in [0.25, 0.3) is 0 Å². The van der Waals surface area contributed by atoms with Crippen molar-refractivity contribution in [3.63, 3.8) is 0 Å². The van der Waals surface area contributed by atoms with Crippen molar-refractivity contribution < 1.29 is 0 Å². The topological polar surface area (TPSA) is 15.3 Å². The fraction of sp³-hybridized carbons (Fsp3) is 0.588. The smallest absolute Gasteiger partial charge is 0.173 e. The van der Waals surface area contributed by atoms with E-state index in [1.807, 2.05) is 0 Å². The lowest BCUT2D eigenvalue weighted by atomic mass is 9.78. The maximum Gasteiger partial charge on any atom is 0.173 e. The van der Waals surface area contributed by atoms with Crippen LogP contribution in [-0.4, -0.2) is 22.6 Å². The van der Waals surface area contributed by atoms with Crippen LogP contribution in [0.1, 0.15) is 44.1 Å². The molecule has 1 aliphatic carbocycles. The highest BCUT2D eigenvalue weighted by molar-refractivity contribution is 7.80. The second-order valence-corrected chi connectivity index (χ2v) is 6.58. The first kappa shape index (κ1) is 13.9. The molecule has 1 aromatic carbocycles. The average Bonchev–Trinajstić information content (AvgIpc) is 2.49. The minimum atomic E-state index is 0.682. The third-order valence-electron chi connectivity index (χ3n) is 4.89. The summed E-state index contributed by atoms with van der Waals surface area (Å²) in [5, 5.41) is 4.40. The molecular formula is C17H24N2S. The maximum absolute atomic E-state index is 5.70. The molecule has 1 heterocycles. The molecule has 0 aromatic heterocycles. The van der Waals surface area contributed by atoms with Gasteiger partial charge < -0.3 is 10.2 Å². The van der Waals surface area contributed by atoms with Gasteiger partial charge in [-0.2, -0.15) is 0 Å². The van der Waals surface area contributed by atoms with Crippen LogP contribution in [0.25, 0.3) is 0 Å². The normalized spacial score (nSPS) is 25.9. The first-order valence-electron chi connectivity index (χ1n) is 7.89. The fourth-order valence-corrected chi connectivity index (χ4v) is 4.11. The van der Waals surface area contributed by atoms with E-state index < -0.39 is 0 Å². The number of thiocarbonyl (C=S) groups is 1. The van der Waals surface area contributed by atoms with Gasteiger partial charge >= 0.3 is 0 Å². The second-order valence-electron chi connectivity index (χ2n) is 6.19. The average molecular weight is 288 g/mol. The zero-order valence-electron chi connectivity index (χ0n) is 12.3. The van der Waals surface area contributed by atoms with Crippen molar-refractivity contribution in [1.29, 1.82) is 0 Å².